The summed E-state index contributed by atoms with van der Waals surface area (Å²) in [4.78, 5) is 12.7. The summed E-state index contributed by atoms with van der Waals surface area (Å²) in [5.41, 5.74) is 4.64. The van der Waals surface area contributed by atoms with Gasteiger partial charge in [-0.1, -0.05) is 60.7 Å². The molecule has 0 spiro atoms. The maximum absolute atomic E-state index is 12.7. The van der Waals surface area contributed by atoms with Crippen molar-refractivity contribution in [2.24, 2.45) is 0 Å². The molecule has 1 heterocycles. The number of carbonyl (C=O) groups is 1. The van der Waals surface area contributed by atoms with Crippen LogP contribution in [-0.2, 0) is 0 Å². The topological polar surface area (TPSA) is 54.3 Å². The van der Waals surface area contributed by atoms with Crippen molar-refractivity contribution in [1.82, 2.24) is 0 Å². The van der Waals surface area contributed by atoms with Gasteiger partial charge in [-0.3, -0.25) is 4.79 Å². The van der Waals surface area contributed by atoms with E-state index in [0.29, 0.717) is 11.4 Å². The van der Waals surface area contributed by atoms with Gasteiger partial charge in [0.25, 0.3) is 5.91 Å². The van der Waals surface area contributed by atoms with E-state index in [1.165, 1.54) is 11.8 Å². The molecule has 144 valence electrons. The first-order valence-electron chi connectivity index (χ1n) is 9.56. The number of nitrogens with one attached hydrogen (secondary N) is 2. The number of hydrogen-bond acceptors (Lipinski definition) is 3. The van der Waals surface area contributed by atoms with Crippen LogP contribution in [0, 0.1) is 0 Å². The van der Waals surface area contributed by atoms with Crippen LogP contribution in [0.5, 0.6) is 0 Å². The molecule has 0 fully saturated rings. The van der Waals surface area contributed by atoms with Gasteiger partial charge in [-0.15, -0.1) is 0 Å². The predicted octanol–water partition coefficient (Wildman–Crippen LogP) is 6.37. The lowest BCUT2D eigenvalue weighted by molar-refractivity contribution is 0.0997. The van der Waals surface area contributed by atoms with E-state index in [-0.39, 0.29) is 11.9 Å². The van der Waals surface area contributed by atoms with E-state index in [1.807, 2.05) is 78.9 Å². The van der Waals surface area contributed by atoms with Crippen LogP contribution in [0.4, 0.5) is 11.4 Å². The molecule has 4 nitrogen and oxygen atoms in total. The molecule has 4 rings (SSSR count). The zero-order valence-corrected chi connectivity index (χ0v) is 16.1. The van der Waals surface area contributed by atoms with Crippen molar-refractivity contribution >= 4 is 17.3 Å². The fraction of sp³-hybridized carbons (Fsp3) is 0.0800. The number of furan rings is 1. The van der Waals surface area contributed by atoms with Gasteiger partial charge in [0.15, 0.2) is 5.76 Å². The van der Waals surface area contributed by atoms with Crippen LogP contribution in [0.1, 0.15) is 29.1 Å². The van der Waals surface area contributed by atoms with E-state index in [0.717, 1.165) is 16.8 Å². The number of hydrogen-bond donors (Lipinski definition) is 2. The monoisotopic (exact) mass is 382 g/mol. The zero-order valence-electron chi connectivity index (χ0n) is 16.1. The SMILES string of the molecule is C[C@H](Nc1ccc(NC(=O)c2occc2-c2ccccc2)cc1)c1ccccc1. The Balaban J connectivity index is 1.43. The largest absolute Gasteiger partial charge is 0.459 e. The number of amides is 1. The third-order valence-electron chi connectivity index (χ3n) is 4.78. The first kappa shape index (κ1) is 18.6. The van der Waals surface area contributed by atoms with Crippen LogP contribution in [0.15, 0.2) is 102 Å². The Morgan fingerprint density at radius 1 is 0.793 bits per heavy atom. The lowest BCUT2D eigenvalue weighted by atomic mass is 10.1. The average Bonchev–Trinajstić information content (AvgIpc) is 3.26. The summed E-state index contributed by atoms with van der Waals surface area (Å²) in [7, 11) is 0. The quantitative estimate of drug-likeness (QED) is 0.407. The number of anilines is 2. The van der Waals surface area contributed by atoms with Crippen LogP contribution in [0.2, 0.25) is 0 Å². The maximum Gasteiger partial charge on any atom is 0.292 e. The average molecular weight is 382 g/mol. The summed E-state index contributed by atoms with van der Waals surface area (Å²) in [6.07, 6.45) is 1.54. The van der Waals surface area contributed by atoms with Crippen molar-refractivity contribution in [2.45, 2.75) is 13.0 Å². The summed E-state index contributed by atoms with van der Waals surface area (Å²) in [6, 6.07) is 29.7. The molecule has 0 aliphatic carbocycles. The van der Waals surface area contributed by atoms with Crippen LogP contribution >= 0.6 is 0 Å². The van der Waals surface area contributed by atoms with E-state index >= 15 is 0 Å². The second kappa shape index (κ2) is 8.48. The molecule has 1 atom stereocenters. The van der Waals surface area contributed by atoms with Gasteiger partial charge in [0.1, 0.15) is 0 Å². The number of benzene rings is 3. The fourth-order valence-corrected chi connectivity index (χ4v) is 3.24. The van der Waals surface area contributed by atoms with E-state index in [4.69, 9.17) is 4.42 Å². The van der Waals surface area contributed by atoms with Gasteiger partial charge in [-0.25, -0.2) is 0 Å². The van der Waals surface area contributed by atoms with Gasteiger partial charge in [-0.05, 0) is 48.4 Å². The molecule has 4 aromatic rings. The first-order chi connectivity index (χ1) is 14.2. The molecule has 0 aliphatic rings. The third-order valence-corrected chi connectivity index (χ3v) is 4.78. The Morgan fingerprint density at radius 3 is 2.10 bits per heavy atom. The molecule has 0 saturated heterocycles. The molecule has 0 radical (unpaired) electrons. The molecule has 1 amide bonds. The standard InChI is InChI=1S/C25H22N2O2/c1-18(19-8-4-2-5-9-19)26-21-12-14-22(15-13-21)27-25(28)24-23(16-17-29-24)20-10-6-3-7-11-20/h2-18,26H,1H3,(H,27,28)/t18-/m0/s1. The van der Waals surface area contributed by atoms with Gasteiger partial charge >= 0.3 is 0 Å². The molecule has 29 heavy (non-hydrogen) atoms. The Bertz CT molecular complexity index is 1070. The highest BCUT2D eigenvalue weighted by Gasteiger charge is 2.17. The lowest BCUT2D eigenvalue weighted by Crippen LogP contribution is -2.12. The molecule has 2 N–H and O–H groups in total. The van der Waals surface area contributed by atoms with E-state index in [1.54, 1.807) is 0 Å². The highest BCUT2D eigenvalue weighted by Crippen LogP contribution is 2.26. The van der Waals surface area contributed by atoms with Crippen molar-refractivity contribution in [3.63, 3.8) is 0 Å². The summed E-state index contributed by atoms with van der Waals surface area (Å²) >= 11 is 0. The van der Waals surface area contributed by atoms with Crippen molar-refractivity contribution in [1.29, 1.82) is 0 Å². The molecule has 0 saturated carbocycles. The highest BCUT2D eigenvalue weighted by atomic mass is 16.3. The Hall–Kier alpha value is -3.79. The summed E-state index contributed by atoms with van der Waals surface area (Å²) in [6.45, 7) is 2.12. The smallest absolute Gasteiger partial charge is 0.292 e. The van der Waals surface area contributed by atoms with Crippen LogP contribution in [-0.4, -0.2) is 5.91 Å². The molecule has 3 aromatic carbocycles. The van der Waals surface area contributed by atoms with Crippen molar-refractivity contribution < 1.29 is 9.21 Å². The van der Waals surface area contributed by atoms with Crippen LogP contribution in [0.25, 0.3) is 11.1 Å². The highest BCUT2D eigenvalue weighted by molar-refractivity contribution is 6.06. The second-order valence-corrected chi connectivity index (χ2v) is 6.84. The van der Waals surface area contributed by atoms with Crippen molar-refractivity contribution in [3.05, 3.63) is 109 Å². The Morgan fingerprint density at radius 2 is 1.41 bits per heavy atom. The van der Waals surface area contributed by atoms with E-state index in [9.17, 15) is 4.79 Å². The van der Waals surface area contributed by atoms with Crippen molar-refractivity contribution in [2.75, 3.05) is 10.6 Å². The molecule has 0 aliphatic heterocycles. The maximum atomic E-state index is 12.7. The Kier molecular flexibility index (Phi) is 5.43. The van der Waals surface area contributed by atoms with Crippen LogP contribution < -0.4 is 10.6 Å². The second-order valence-electron chi connectivity index (χ2n) is 6.84. The summed E-state index contributed by atoms with van der Waals surface area (Å²) in [5, 5.41) is 6.37. The fourth-order valence-electron chi connectivity index (χ4n) is 3.24. The molecular weight excluding hydrogens is 360 g/mol. The summed E-state index contributed by atoms with van der Waals surface area (Å²) in [5.74, 6) is 0.0308. The van der Waals surface area contributed by atoms with Crippen LogP contribution in [0.3, 0.4) is 0 Å². The van der Waals surface area contributed by atoms with Gasteiger partial charge in [0.05, 0.1) is 6.26 Å². The summed E-state index contributed by atoms with van der Waals surface area (Å²) < 4.78 is 5.45. The van der Waals surface area contributed by atoms with Crippen molar-refractivity contribution in [3.8, 4) is 11.1 Å². The minimum absolute atomic E-state index is 0.188. The minimum Gasteiger partial charge on any atom is -0.459 e. The van der Waals surface area contributed by atoms with E-state index in [2.05, 4.69) is 29.7 Å². The number of rotatable bonds is 6. The van der Waals surface area contributed by atoms with Gasteiger partial charge in [0.2, 0.25) is 0 Å². The first-order valence-corrected chi connectivity index (χ1v) is 9.56. The van der Waals surface area contributed by atoms with E-state index < -0.39 is 0 Å². The van der Waals surface area contributed by atoms with Gasteiger partial charge in [0, 0.05) is 23.0 Å². The molecule has 0 unspecified atom stereocenters. The normalized spacial score (nSPS) is 11.6. The third kappa shape index (κ3) is 4.38. The van der Waals surface area contributed by atoms with Gasteiger partial charge in [-0.2, -0.15) is 0 Å². The number of carbonyl (C=O) groups excluding carboxylic acids is 1. The Labute approximate surface area is 170 Å². The zero-order chi connectivity index (χ0) is 20.1. The molecule has 1 aromatic heterocycles. The molecule has 4 heteroatoms. The predicted molar refractivity (Wildman–Crippen MR) is 117 cm³/mol. The minimum atomic E-state index is -0.271. The molecular formula is C25H22N2O2. The molecule has 0 bridgehead atoms. The van der Waals surface area contributed by atoms with Gasteiger partial charge < -0.3 is 15.1 Å². The lowest BCUT2D eigenvalue weighted by Gasteiger charge is -2.16.